The van der Waals surface area contributed by atoms with Gasteiger partial charge in [0.05, 0.1) is 22.7 Å². The van der Waals surface area contributed by atoms with Crippen LogP contribution in [0.25, 0.3) is 0 Å². The fourth-order valence-corrected chi connectivity index (χ4v) is 2.94. The highest BCUT2D eigenvalue weighted by Gasteiger charge is 2.12. The number of rotatable bonds is 4. The van der Waals surface area contributed by atoms with E-state index in [1.807, 2.05) is 12.1 Å². The third-order valence-corrected chi connectivity index (χ3v) is 4.15. The Kier molecular flexibility index (Phi) is 5.17. The number of methoxy groups -OCH3 is 1. The number of hydrogen-bond donors (Lipinski definition) is 1. The summed E-state index contributed by atoms with van der Waals surface area (Å²) < 4.78 is 6.12. The van der Waals surface area contributed by atoms with Crippen LogP contribution < -0.4 is 10.2 Å². The molecule has 1 aromatic carbocycles. The van der Waals surface area contributed by atoms with E-state index in [0.717, 1.165) is 8.66 Å². The molecular formula is C13H10BrClN2O2S. The number of thiophene rings is 1. The van der Waals surface area contributed by atoms with Gasteiger partial charge in [0.25, 0.3) is 5.91 Å². The van der Waals surface area contributed by atoms with Crippen molar-refractivity contribution in [1.29, 1.82) is 0 Å². The smallest absolute Gasteiger partial charge is 0.275 e. The zero-order chi connectivity index (χ0) is 14.5. The van der Waals surface area contributed by atoms with E-state index in [1.165, 1.54) is 24.5 Å². The maximum absolute atomic E-state index is 12.0. The molecule has 0 aliphatic heterocycles. The molecule has 0 unspecified atom stereocenters. The second-order valence-electron chi connectivity index (χ2n) is 3.69. The molecule has 0 bridgehead atoms. The van der Waals surface area contributed by atoms with Crippen LogP contribution in [0, 0.1) is 0 Å². The van der Waals surface area contributed by atoms with Crippen molar-refractivity contribution in [2.24, 2.45) is 5.10 Å². The van der Waals surface area contributed by atoms with Crippen LogP contribution in [0.2, 0.25) is 5.02 Å². The predicted octanol–water partition coefficient (Wildman–Crippen LogP) is 3.94. The highest BCUT2D eigenvalue weighted by molar-refractivity contribution is 9.11. The maximum Gasteiger partial charge on any atom is 0.275 e. The first-order chi connectivity index (χ1) is 9.60. The van der Waals surface area contributed by atoms with Crippen LogP contribution in [-0.4, -0.2) is 19.2 Å². The lowest BCUT2D eigenvalue weighted by molar-refractivity contribution is 0.0952. The summed E-state index contributed by atoms with van der Waals surface area (Å²) in [5.41, 5.74) is 2.78. The molecular weight excluding hydrogens is 364 g/mol. The van der Waals surface area contributed by atoms with Gasteiger partial charge in [-0.25, -0.2) is 5.43 Å². The Morgan fingerprint density at radius 2 is 2.25 bits per heavy atom. The fraction of sp³-hybridized carbons (Fsp3) is 0.0769. The Labute approximate surface area is 133 Å². The van der Waals surface area contributed by atoms with Crippen molar-refractivity contribution >= 4 is 51.0 Å². The number of ether oxygens (including phenoxy) is 1. The van der Waals surface area contributed by atoms with Gasteiger partial charge in [0.15, 0.2) is 0 Å². The third-order valence-electron chi connectivity index (χ3n) is 2.36. The van der Waals surface area contributed by atoms with Crippen LogP contribution in [-0.2, 0) is 0 Å². The molecule has 1 heterocycles. The molecule has 0 atom stereocenters. The standard InChI is InChI=1S/C13H10BrClN2O2S/c1-19-11-4-2-8(15)6-10(11)13(18)17-16-7-9-3-5-12(14)20-9/h2-7H,1H3,(H,17,18). The van der Waals surface area contributed by atoms with Crippen molar-refractivity contribution in [3.63, 3.8) is 0 Å². The average molecular weight is 374 g/mol. The number of carbonyl (C=O) groups is 1. The minimum Gasteiger partial charge on any atom is -0.496 e. The van der Waals surface area contributed by atoms with Gasteiger partial charge in [0.1, 0.15) is 5.75 Å². The van der Waals surface area contributed by atoms with Gasteiger partial charge in [0, 0.05) is 9.90 Å². The molecule has 0 spiro atoms. The quantitative estimate of drug-likeness (QED) is 0.652. The molecule has 104 valence electrons. The monoisotopic (exact) mass is 372 g/mol. The molecule has 0 aliphatic rings. The number of nitrogens with zero attached hydrogens (tertiary/aromatic N) is 1. The minimum absolute atomic E-state index is 0.338. The number of carbonyl (C=O) groups excluding carboxylic acids is 1. The number of nitrogens with one attached hydrogen (secondary N) is 1. The normalized spacial score (nSPS) is 10.8. The van der Waals surface area contributed by atoms with E-state index >= 15 is 0 Å². The second kappa shape index (κ2) is 6.88. The highest BCUT2D eigenvalue weighted by atomic mass is 79.9. The van der Waals surface area contributed by atoms with Gasteiger partial charge in [-0.2, -0.15) is 5.10 Å². The highest BCUT2D eigenvalue weighted by Crippen LogP contribution is 2.22. The first-order valence-corrected chi connectivity index (χ1v) is 7.51. The fourth-order valence-electron chi connectivity index (χ4n) is 1.47. The molecule has 0 fully saturated rings. The third kappa shape index (κ3) is 3.82. The SMILES string of the molecule is COc1ccc(Cl)cc1C(=O)NN=Cc1ccc(Br)s1. The van der Waals surface area contributed by atoms with E-state index in [-0.39, 0.29) is 5.91 Å². The van der Waals surface area contributed by atoms with Gasteiger partial charge >= 0.3 is 0 Å². The predicted molar refractivity (Wildman–Crippen MR) is 85.1 cm³/mol. The van der Waals surface area contributed by atoms with Gasteiger partial charge in [-0.1, -0.05) is 11.6 Å². The first kappa shape index (κ1) is 15.0. The summed E-state index contributed by atoms with van der Waals surface area (Å²) in [6.07, 6.45) is 1.57. The van der Waals surface area contributed by atoms with E-state index in [1.54, 1.807) is 18.3 Å². The van der Waals surface area contributed by atoms with Crippen LogP contribution in [0.1, 0.15) is 15.2 Å². The molecule has 1 amide bonds. The zero-order valence-electron chi connectivity index (χ0n) is 10.4. The summed E-state index contributed by atoms with van der Waals surface area (Å²) in [6.45, 7) is 0. The summed E-state index contributed by atoms with van der Waals surface area (Å²) in [5.74, 6) is 0.0668. The topological polar surface area (TPSA) is 50.7 Å². The lowest BCUT2D eigenvalue weighted by Gasteiger charge is -2.06. The maximum atomic E-state index is 12.0. The van der Waals surface area contributed by atoms with Crippen LogP contribution >= 0.6 is 38.9 Å². The van der Waals surface area contributed by atoms with Gasteiger partial charge in [-0.15, -0.1) is 11.3 Å². The molecule has 0 aliphatic carbocycles. The Bertz CT molecular complexity index is 658. The summed E-state index contributed by atoms with van der Waals surface area (Å²) in [7, 11) is 1.49. The Morgan fingerprint density at radius 1 is 1.45 bits per heavy atom. The Balaban J connectivity index is 2.08. The minimum atomic E-state index is -0.378. The molecule has 4 nitrogen and oxygen atoms in total. The van der Waals surface area contributed by atoms with Gasteiger partial charge in [0.2, 0.25) is 0 Å². The van der Waals surface area contributed by atoms with Crippen molar-refractivity contribution in [2.45, 2.75) is 0 Å². The lowest BCUT2D eigenvalue weighted by Crippen LogP contribution is -2.18. The summed E-state index contributed by atoms with van der Waals surface area (Å²) >= 11 is 10.7. The molecule has 20 heavy (non-hydrogen) atoms. The van der Waals surface area contributed by atoms with Crippen LogP contribution in [0.5, 0.6) is 5.75 Å². The van der Waals surface area contributed by atoms with Crippen molar-refractivity contribution < 1.29 is 9.53 Å². The summed E-state index contributed by atoms with van der Waals surface area (Å²) in [5, 5.41) is 4.36. The summed E-state index contributed by atoms with van der Waals surface area (Å²) in [6, 6.07) is 8.63. The van der Waals surface area contributed by atoms with E-state index in [9.17, 15) is 4.79 Å². The zero-order valence-corrected chi connectivity index (χ0v) is 13.6. The molecule has 0 saturated carbocycles. The van der Waals surface area contributed by atoms with Crippen LogP contribution in [0.3, 0.4) is 0 Å². The first-order valence-electron chi connectivity index (χ1n) is 5.52. The largest absolute Gasteiger partial charge is 0.496 e. The molecule has 1 N–H and O–H groups in total. The van der Waals surface area contributed by atoms with Crippen LogP contribution in [0.4, 0.5) is 0 Å². The second-order valence-corrected chi connectivity index (χ2v) is 6.62. The number of halogens is 2. The Morgan fingerprint density at radius 3 is 2.90 bits per heavy atom. The van der Waals surface area contributed by atoms with Gasteiger partial charge in [-0.3, -0.25) is 4.79 Å². The number of amides is 1. The molecule has 2 rings (SSSR count). The number of benzene rings is 1. The van der Waals surface area contributed by atoms with Gasteiger partial charge < -0.3 is 4.74 Å². The average Bonchev–Trinajstić information content (AvgIpc) is 2.84. The van der Waals surface area contributed by atoms with Crippen molar-refractivity contribution in [3.05, 3.63) is 49.6 Å². The molecule has 0 radical (unpaired) electrons. The molecule has 1 aromatic heterocycles. The van der Waals surface area contributed by atoms with Crippen molar-refractivity contribution in [1.82, 2.24) is 5.43 Å². The van der Waals surface area contributed by atoms with E-state index in [0.29, 0.717) is 16.3 Å². The van der Waals surface area contributed by atoms with Gasteiger partial charge in [-0.05, 0) is 46.3 Å². The summed E-state index contributed by atoms with van der Waals surface area (Å²) in [4.78, 5) is 12.9. The van der Waals surface area contributed by atoms with E-state index in [2.05, 4.69) is 26.5 Å². The van der Waals surface area contributed by atoms with Crippen molar-refractivity contribution in [2.75, 3.05) is 7.11 Å². The van der Waals surface area contributed by atoms with E-state index < -0.39 is 0 Å². The molecule has 7 heteroatoms. The van der Waals surface area contributed by atoms with Crippen LogP contribution in [0.15, 0.2) is 39.2 Å². The van der Waals surface area contributed by atoms with E-state index in [4.69, 9.17) is 16.3 Å². The van der Waals surface area contributed by atoms with Crippen molar-refractivity contribution in [3.8, 4) is 5.75 Å². The number of hydrogen-bond acceptors (Lipinski definition) is 4. The molecule has 2 aromatic rings. The lowest BCUT2D eigenvalue weighted by atomic mass is 10.2. The Hall–Kier alpha value is -1.37. The number of hydrazone groups is 1. The molecule has 0 saturated heterocycles.